The fourth-order valence-electron chi connectivity index (χ4n) is 2.61. The van der Waals surface area contributed by atoms with Crippen molar-refractivity contribution in [2.75, 3.05) is 17.6 Å². The summed E-state index contributed by atoms with van der Waals surface area (Å²) in [5.74, 6) is 1.38. The average molecular weight is 419 g/mol. The van der Waals surface area contributed by atoms with E-state index in [1.54, 1.807) is 18.0 Å². The summed E-state index contributed by atoms with van der Waals surface area (Å²) < 4.78 is 6.96. The molecule has 1 aliphatic rings. The van der Waals surface area contributed by atoms with Crippen LogP contribution in [0.5, 0.6) is 0 Å². The van der Waals surface area contributed by atoms with Gasteiger partial charge in [-0.05, 0) is 11.1 Å². The monoisotopic (exact) mass is 418 g/mol. The van der Waals surface area contributed by atoms with Crippen LogP contribution in [0, 0.1) is 5.41 Å². The van der Waals surface area contributed by atoms with Crippen LogP contribution in [0.1, 0.15) is 31.9 Å². The third-order valence-corrected chi connectivity index (χ3v) is 6.46. The SMILES string of the molecule is CC(C)(C)C1CN=C(CSc2cnc(NC(=O)Cc3ccc(CN)cc3)s2)O1. The summed E-state index contributed by atoms with van der Waals surface area (Å²) >= 11 is 3.08. The minimum absolute atomic E-state index is 0.0806. The number of aliphatic imine (C=N–C) groups is 1. The molecular formula is C20H26N4O2S2. The van der Waals surface area contributed by atoms with Crippen LogP contribution in [-0.4, -0.2) is 35.2 Å². The summed E-state index contributed by atoms with van der Waals surface area (Å²) in [7, 11) is 0. The van der Waals surface area contributed by atoms with Crippen molar-refractivity contribution in [2.24, 2.45) is 16.1 Å². The summed E-state index contributed by atoms with van der Waals surface area (Å²) in [4.78, 5) is 21.0. The minimum atomic E-state index is -0.0806. The van der Waals surface area contributed by atoms with E-state index in [9.17, 15) is 4.79 Å². The second kappa shape index (κ2) is 9.07. The van der Waals surface area contributed by atoms with Gasteiger partial charge in [-0.3, -0.25) is 9.79 Å². The number of amides is 1. The number of thiazole rings is 1. The average Bonchev–Trinajstić information content (AvgIpc) is 3.29. The maximum atomic E-state index is 12.2. The second-order valence-corrected chi connectivity index (χ2v) is 10.0. The first-order valence-corrected chi connectivity index (χ1v) is 11.0. The fourth-order valence-corrected chi connectivity index (χ4v) is 4.38. The van der Waals surface area contributed by atoms with Gasteiger partial charge in [-0.15, -0.1) is 11.8 Å². The number of aromatic nitrogens is 1. The van der Waals surface area contributed by atoms with Crippen molar-refractivity contribution in [3.05, 3.63) is 41.6 Å². The molecule has 1 aromatic heterocycles. The zero-order chi connectivity index (χ0) is 20.1. The molecule has 2 heterocycles. The molecule has 0 fully saturated rings. The van der Waals surface area contributed by atoms with E-state index >= 15 is 0 Å². The summed E-state index contributed by atoms with van der Waals surface area (Å²) in [5.41, 5.74) is 7.68. The molecule has 28 heavy (non-hydrogen) atoms. The van der Waals surface area contributed by atoms with Crippen LogP contribution in [-0.2, 0) is 22.5 Å². The zero-order valence-corrected chi connectivity index (χ0v) is 18.0. The highest BCUT2D eigenvalue weighted by molar-refractivity contribution is 8.01. The van der Waals surface area contributed by atoms with Gasteiger partial charge in [-0.1, -0.05) is 56.4 Å². The number of nitrogens with zero attached hydrogens (tertiary/aromatic N) is 2. The second-order valence-electron chi connectivity index (χ2n) is 7.73. The van der Waals surface area contributed by atoms with Crippen LogP contribution in [0.2, 0.25) is 0 Å². The van der Waals surface area contributed by atoms with Gasteiger partial charge in [0.05, 0.1) is 29.1 Å². The van der Waals surface area contributed by atoms with E-state index in [2.05, 4.69) is 36.1 Å². The van der Waals surface area contributed by atoms with Crippen LogP contribution in [0.4, 0.5) is 5.13 Å². The van der Waals surface area contributed by atoms with Crippen LogP contribution < -0.4 is 11.1 Å². The van der Waals surface area contributed by atoms with Gasteiger partial charge in [0.1, 0.15) is 6.10 Å². The molecule has 6 nitrogen and oxygen atoms in total. The molecule has 0 aliphatic carbocycles. The van der Waals surface area contributed by atoms with Gasteiger partial charge in [0.25, 0.3) is 0 Å². The van der Waals surface area contributed by atoms with E-state index in [1.807, 2.05) is 24.3 Å². The number of carbonyl (C=O) groups is 1. The molecule has 1 aromatic carbocycles. The predicted molar refractivity (Wildman–Crippen MR) is 116 cm³/mol. The molecule has 1 unspecified atom stereocenters. The van der Waals surface area contributed by atoms with Crippen molar-refractivity contribution in [2.45, 2.75) is 44.0 Å². The van der Waals surface area contributed by atoms with Crippen LogP contribution in [0.15, 0.2) is 39.7 Å². The molecule has 150 valence electrons. The number of nitrogens with one attached hydrogen (secondary N) is 1. The number of nitrogens with two attached hydrogens (primary N) is 1. The quantitative estimate of drug-likeness (QED) is 0.669. The van der Waals surface area contributed by atoms with E-state index in [1.165, 1.54) is 11.3 Å². The Hall–Kier alpha value is -1.90. The Morgan fingerprint density at radius 2 is 2.04 bits per heavy atom. The highest BCUT2D eigenvalue weighted by Gasteiger charge is 2.31. The van der Waals surface area contributed by atoms with Crippen molar-refractivity contribution in [1.29, 1.82) is 0 Å². The predicted octanol–water partition coefficient (Wildman–Crippen LogP) is 3.72. The molecule has 0 bridgehead atoms. The molecule has 0 saturated carbocycles. The van der Waals surface area contributed by atoms with Gasteiger partial charge in [0.15, 0.2) is 11.0 Å². The molecule has 3 N–H and O–H groups in total. The molecule has 0 saturated heterocycles. The number of ether oxygens (including phenoxy) is 1. The first kappa shape index (κ1) is 20.8. The van der Waals surface area contributed by atoms with Gasteiger partial charge in [-0.25, -0.2) is 4.98 Å². The third kappa shape index (κ3) is 5.80. The molecule has 1 aliphatic heterocycles. The van der Waals surface area contributed by atoms with Crippen LogP contribution in [0.3, 0.4) is 0 Å². The molecule has 0 radical (unpaired) electrons. The lowest BCUT2D eigenvalue weighted by Gasteiger charge is -2.25. The fraction of sp³-hybridized carbons (Fsp3) is 0.450. The summed E-state index contributed by atoms with van der Waals surface area (Å²) in [5, 5.41) is 3.47. The van der Waals surface area contributed by atoms with Gasteiger partial charge in [0.2, 0.25) is 5.91 Å². The molecule has 0 spiro atoms. The Bertz CT molecular complexity index is 841. The number of hydrogen-bond acceptors (Lipinski definition) is 7. The largest absolute Gasteiger partial charge is 0.475 e. The molecule has 8 heteroatoms. The van der Waals surface area contributed by atoms with Crippen molar-refractivity contribution in [1.82, 2.24) is 4.98 Å². The minimum Gasteiger partial charge on any atom is -0.475 e. The van der Waals surface area contributed by atoms with Crippen molar-refractivity contribution in [3.63, 3.8) is 0 Å². The summed E-state index contributed by atoms with van der Waals surface area (Å²) in [6.45, 7) is 7.70. The van der Waals surface area contributed by atoms with E-state index in [0.29, 0.717) is 23.8 Å². The van der Waals surface area contributed by atoms with Gasteiger partial charge in [0, 0.05) is 12.0 Å². The van der Waals surface area contributed by atoms with E-state index in [-0.39, 0.29) is 17.4 Å². The number of thioether (sulfide) groups is 1. The number of hydrogen-bond donors (Lipinski definition) is 2. The third-order valence-electron chi connectivity index (χ3n) is 4.37. The lowest BCUT2D eigenvalue weighted by atomic mass is 9.89. The Kier molecular flexibility index (Phi) is 6.74. The first-order chi connectivity index (χ1) is 13.3. The van der Waals surface area contributed by atoms with Crippen LogP contribution in [0.25, 0.3) is 0 Å². The smallest absolute Gasteiger partial charge is 0.230 e. The lowest BCUT2D eigenvalue weighted by Crippen LogP contribution is -2.29. The van der Waals surface area contributed by atoms with Gasteiger partial charge < -0.3 is 15.8 Å². The standard InChI is InChI=1S/C20H26N4O2S2/c1-20(2,3)15-10-22-17(26-15)12-27-18-11-23-19(28-18)24-16(25)8-13-4-6-14(9-21)7-5-13/h4-7,11,15H,8-10,12,21H2,1-3H3,(H,23,24,25). The van der Waals surface area contributed by atoms with E-state index in [0.717, 1.165) is 27.8 Å². The highest BCUT2D eigenvalue weighted by Crippen LogP contribution is 2.31. The molecular weight excluding hydrogens is 392 g/mol. The molecule has 2 aromatic rings. The Labute approximate surface area is 174 Å². The topological polar surface area (TPSA) is 89.6 Å². The highest BCUT2D eigenvalue weighted by atomic mass is 32.2. The molecule has 1 amide bonds. The van der Waals surface area contributed by atoms with Gasteiger partial charge in [-0.2, -0.15) is 0 Å². The lowest BCUT2D eigenvalue weighted by molar-refractivity contribution is -0.115. The molecule has 1 atom stereocenters. The summed E-state index contributed by atoms with van der Waals surface area (Å²) in [6.07, 6.45) is 2.22. The Balaban J connectivity index is 1.45. The number of benzene rings is 1. The molecule has 3 rings (SSSR count). The normalized spacial score (nSPS) is 16.6. The zero-order valence-electron chi connectivity index (χ0n) is 16.4. The van der Waals surface area contributed by atoms with E-state index < -0.39 is 0 Å². The Morgan fingerprint density at radius 1 is 1.32 bits per heavy atom. The van der Waals surface area contributed by atoms with E-state index in [4.69, 9.17) is 10.5 Å². The van der Waals surface area contributed by atoms with Crippen molar-refractivity contribution in [3.8, 4) is 0 Å². The van der Waals surface area contributed by atoms with Crippen molar-refractivity contribution < 1.29 is 9.53 Å². The number of anilines is 1. The Morgan fingerprint density at radius 3 is 2.68 bits per heavy atom. The van der Waals surface area contributed by atoms with Crippen LogP contribution >= 0.6 is 23.1 Å². The maximum absolute atomic E-state index is 12.2. The first-order valence-electron chi connectivity index (χ1n) is 9.20. The van der Waals surface area contributed by atoms with Gasteiger partial charge >= 0.3 is 0 Å². The number of carbonyl (C=O) groups excluding carboxylic acids is 1. The summed E-state index contributed by atoms with van der Waals surface area (Å²) in [6, 6.07) is 7.74. The number of rotatable bonds is 7. The van der Waals surface area contributed by atoms with Crippen molar-refractivity contribution >= 4 is 40.0 Å². The maximum Gasteiger partial charge on any atom is 0.230 e.